The summed E-state index contributed by atoms with van der Waals surface area (Å²) in [6.45, 7) is 0.315. The van der Waals surface area contributed by atoms with Gasteiger partial charge in [-0.3, -0.25) is 19.8 Å². The van der Waals surface area contributed by atoms with Gasteiger partial charge in [-0.1, -0.05) is 12.1 Å². The van der Waals surface area contributed by atoms with Crippen LogP contribution in [0.1, 0.15) is 16.8 Å². The monoisotopic (exact) mass is 269 g/mol. The Morgan fingerprint density at radius 2 is 2.05 bits per heavy atom. The second-order valence-electron chi connectivity index (χ2n) is 4.52. The molecular formula is C14H11N3O3. The fourth-order valence-corrected chi connectivity index (χ4v) is 2.15. The summed E-state index contributed by atoms with van der Waals surface area (Å²) in [7, 11) is 0. The number of urea groups is 1. The van der Waals surface area contributed by atoms with Crippen molar-refractivity contribution in [2.24, 2.45) is 0 Å². The molecule has 0 spiro atoms. The maximum atomic E-state index is 11.7. The molecule has 20 heavy (non-hydrogen) atoms. The van der Waals surface area contributed by atoms with Crippen molar-refractivity contribution in [1.29, 1.82) is 0 Å². The van der Waals surface area contributed by atoms with E-state index in [0.29, 0.717) is 17.9 Å². The van der Waals surface area contributed by atoms with Crippen LogP contribution >= 0.6 is 0 Å². The number of rotatable bonds is 2. The third-order valence-electron chi connectivity index (χ3n) is 3.20. The number of benzene rings is 1. The molecule has 2 heterocycles. The number of nitrogens with zero attached hydrogens (tertiary/aromatic N) is 2. The molecule has 0 radical (unpaired) electrons. The predicted molar refractivity (Wildman–Crippen MR) is 72.6 cm³/mol. The predicted octanol–water partition coefficient (Wildman–Crippen LogP) is 1.49. The number of anilines is 1. The van der Waals surface area contributed by atoms with E-state index in [9.17, 15) is 14.4 Å². The van der Waals surface area contributed by atoms with Crippen LogP contribution < -0.4 is 10.2 Å². The summed E-state index contributed by atoms with van der Waals surface area (Å²) in [5.41, 5.74) is 0.577. The van der Waals surface area contributed by atoms with E-state index in [4.69, 9.17) is 0 Å². The van der Waals surface area contributed by atoms with Crippen LogP contribution in [0.5, 0.6) is 0 Å². The van der Waals surface area contributed by atoms with Gasteiger partial charge >= 0.3 is 6.03 Å². The molecule has 0 aliphatic carbocycles. The number of hydrogen-bond acceptors (Lipinski definition) is 4. The van der Waals surface area contributed by atoms with E-state index in [0.717, 1.165) is 17.1 Å². The highest BCUT2D eigenvalue weighted by atomic mass is 16.2. The summed E-state index contributed by atoms with van der Waals surface area (Å²) < 4.78 is 0. The number of amides is 3. The Morgan fingerprint density at radius 3 is 2.80 bits per heavy atom. The van der Waals surface area contributed by atoms with E-state index in [2.05, 4.69) is 10.3 Å². The zero-order valence-electron chi connectivity index (χ0n) is 10.5. The van der Waals surface area contributed by atoms with Gasteiger partial charge in [0.1, 0.15) is 12.1 Å². The number of imide groups is 1. The summed E-state index contributed by atoms with van der Waals surface area (Å²) in [5, 5.41) is 3.96. The van der Waals surface area contributed by atoms with Crippen molar-refractivity contribution < 1.29 is 14.4 Å². The van der Waals surface area contributed by atoms with Crippen LogP contribution in [0.25, 0.3) is 10.8 Å². The summed E-state index contributed by atoms with van der Waals surface area (Å²) in [6, 6.07) is 6.55. The summed E-state index contributed by atoms with van der Waals surface area (Å²) in [6.07, 6.45) is 2.65. The fraction of sp³-hybridized carbons (Fsp3) is 0.143. The minimum absolute atomic E-state index is 0.259. The van der Waals surface area contributed by atoms with Gasteiger partial charge in [0.2, 0.25) is 5.91 Å². The van der Waals surface area contributed by atoms with E-state index in [1.165, 1.54) is 4.90 Å². The Kier molecular flexibility index (Phi) is 2.90. The molecule has 1 N–H and O–H groups in total. The zero-order valence-corrected chi connectivity index (χ0v) is 10.5. The first-order chi connectivity index (χ1) is 9.67. The molecule has 1 aliphatic rings. The van der Waals surface area contributed by atoms with Crippen LogP contribution in [-0.2, 0) is 4.79 Å². The first-order valence-corrected chi connectivity index (χ1v) is 6.14. The summed E-state index contributed by atoms with van der Waals surface area (Å²) >= 11 is 0. The number of carbonyl (C=O) groups excluding carboxylic acids is 3. The summed E-state index contributed by atoms with van der Waals surface area (Å²) in [5.74, 6) is 0.212. The Labute approximate surface area is 114 Å². The van der Waals surface area contributed by atoms with Crippen molar-refractivity contribution in [2.75, 3.05) is 11.4 Å². The van der Waals surface area contributed by atoms with E-state index in [1.807, 2.05) is 0 Å². The average Bonchev–Trinajstić information content (AvgIpc) is 2.46. The number of aromatic nitrogens is 1. The highest BCUT2D eigenvalue weighted by molar-refractivity contribution is 6.05. The maximum absolute atomic E-state index is 11.7. The van der Waals surface area contributed by atoms with Crippen molar-refractivity contribution in [2.45, 2.75) is 6.42 Å². The van der Waals surface area contributed by atoms with Gasteiger partial charge < -0.3 is 0 Å². The quantitative estimate of drug-likeness (QED) is 0.838. The molecule has 1 aromatic carbocycles. The molecule has 1 aromatic heterocycles. The molecule has 1 aliphatic heterocycles. The van der Waals surface area contributed by atoms with Crippen LogP contribution in [0.15, 0.2) is 30.5 Å². The van der Waals surface area contributed by atoms with Crippen LogP contribution in [0.3, 0.4) is 0 Å². The van der Waals surface area contributed by atoms with Crippen molar-refractivity contribution in [3.63, 3.8) is 0 Å². The van der Waals surface area contributed by atoms with Gasteiger partial charge in [-0.25, -0.2) is 9.78 Å². The van der Waals surface area contributed by atoms with Gasteiger partial charge in [-0.05, 0) is 17.5 Å². The number of fused-ring (bicyclic) bond motifs is 1. The number of nitrogens with one attached hydrogen (secondary N) is 1. The minimum atomic E-state index is -0.461. The third kappa shape index (κ3) is 2.11. The lowest BCUT2D eigenvalue weighted by molar-refractivity contribution is -0.120. The Hall–Kier alpha value is -2.76. The van der Waals surface area contributed by atoms with Gasteiger partial charge in [0.25, 0.3) is 0 Å². The van der Waals surface area contributed by atoms with Gasteiger partial charge in [-0.15, -0.1) is 0 Å². The molecular weight excluding hydrogens is 258 g/mol. The first-order valence-electron chi connectivity index (χ1n) is 6.14. The van der Waals surface area contributed by atoms with Crippen LogP contribution in [0.2, 0.25) is 0 Å². The highest BCUT2D eigenvalue weighted by Crippen LogP contribution is 2.21. The molecule has 1 saturated heterocycles. The molecule has 0 unspecified atom stereocenters. The lowest BCUT2D eigenvalue weighted by Crippen LogP contribution is -2.49. The third-order valence-corrected chi connectivity index (χ3v) is 3.20. The van der Waals surface area contributed by atoms with Crippen LogP contribution in [0, 0.1) is 0 Å². The Bertz CT molecular complexity index is 727. The maximum Gasteiger partial charge on any atom is 0.329 e. The number of hydrogen-bond donors (Lipinski definition) is 1. The normalized spacial score (nSPS) is 15.3. The van der Waals surface area contributed by atoms with Gasteiger partial charge in [0.15, 0.2) is 0 Å². The van der Waals surface area contributed by atoms with Crippen molar-refractivity contribution in [3.8, 4) is 0 Å². The van der Waals surface area contributed by atoms with Crippen molar-refractivity contribution in [1.82, 2.24) is 10.3 Å². The standard InChI is InChI=1S/C14H11N3O3/c18-8-9-1-2-10-6-12(15-7-11(10)5-9)17-4-3-13(19)16-14(17)20/h1-2,5-8H,3-4H2,(H,16,19,20). The van der Waals surface area contributed by atoms with E-state index >= 15 is 0 Å². The first kappa shape index (κ1) is 12.3. The molecule has 6 nitrogen and oxygen atoms in total. The van der Waals surface area contributed by atoms with Crippen LogP contribution in [0.4, 0.5) is 10.6 Å². The molecule has 2 aromatic rings. The van der Waals surface area contributed by atoms with E-state index < -0.39 is 6.03 Å². The van der Waals surface area contributed by atoms with E-state index in [-0.39, 0.29) is 12.3 Å². The summed E-state index contributed by atoms with van der Waals surface area (Å²) in [4.78, 5) is 39.2. The smallest absolute Gasteiger partial charge is 0.298 e. The average molecular weight is 269 g/mol. The fourth-order valence-electron chi connectivity index (χ4n) is 2.15. The number of aldehydes is 1. The zero-order chi connectivity index (χ0) is 14.1. The van der Waals surface area contributed by atoms with Crippen molar-refractivity contribution >= 4 is 34.8 Å². The highest BCUT2D eigenvalue weighted by Gasteiger charge is 2.25. The van der Waals surface area contributed by atoms with Gasteiger partial charge in [0.05, 0.1) is 0 Å². The largest absolute Gasteiger partial charge is 0.329 e. The number of carbonyl (C=O) groups is 3. The molecule has 0 bridgehead atoms. The molecule has 3 rings (SSSR count). The second kappa shape index (κ2) is 4.73. The van der Waals surface area contributed by atoms with Gasteiger partial charge in [0, 0.05) is 30.1 Å². The molecule has 0 saturated carbocycles. The Balaban J connectivity index is 1.98. The molecule has 100 valence electrons. The van der Waals surface area contributed by atoms with Crippen LogP contribution in [-0.4, -0.2) is 29.8 Å². The number of pyridine rings is 1. The molecule has 3 amide bonds. The molecule has 0 atom stereocenters. The van der Waals surface area contributed by atoms with E-state index in [1.54, 1.807) is 30.5 Å². The SMILES string of the molecule is O=Cc1ccc2cc(N3CCC(=O)NC3=O)ncc2c1. The molecule has 1 fully saturated rings. The molecule has 6 heteroatoms. The van der Waals surface area contributed by atoms with Gasteiger partial charge in [-0.2, -0.15) is 0 Å². The Morgan fingerprint density at radius 1 is 1.20 bits per heavy atom. The topological polar surface area (TPSA) is 79.4 Å². The lowest BCUT2D eigenvalue weighted by Gasteiger charge is -2.25. The lowest BCUT2D eigenvalue weighted by atomic mass is 10.1. The van der Waals surface area contributed by atoms with Crippen molar-refractivity contribution in [3.05, 3.63) is 36.0 Å². The minimum Gasteiger partial charge on any atom is -0.298 e. The second-order valence-corrected chi connectivity index (χ2v) is 4.52.